The van der Waals surface area contributed by atoms with Gasteiger partial charge in [-0.15, -0.1) is 0 Å². The Morgan fingerprint density at radius 2 is 1.70 bits per heavy atom. The number of rotatable bonds is 4. The number of nitrogens with zero attached hydrogens (tertiary/aromatic N) is 3. The molecule has 3 aromatic carbocycles. The van der Waals surface area contributed by atoms with E-state index < -0.39 is 0 Å². The highest BCUT2D eigenvalue weighted by atomic mass is 32.2. The minimum absolute atomic E-state index is 0.295. The number of nitriles is 1. The third kappa shape index (κ3) is 3.95. The first-order chi connectivity index (χ1) is 16.0. The lowest BCUT2D eigenvalue weighted by Crippen LogP contribution is -2.27. The second-order valence-corrected chi connectivity index (χ2v) is 8.88. The molecule has 5 nitrogen and oxygen atoms in total. The summed E-state index contributed by atoms with van der Waals surface area (Å²) in [6.07, 6.45) is 3.80. The highest BCUT2D eigenvalue weighted by Crippen LogP contribution is 2.37. The van der Waals surface area contributed by atoms with Crippen LogP contribution in [0, 0.1) is 18.3 Å². The fourth-order valence-electron chi connectivity index (χ4n) is 3.93. The largest absolute Gasteiger partial charge is 0.342 e. The zero-order chi connectivity index (χ0) is 22.9. The summed E-state index contributed by atoms with van der Waals surface area (Å²) in [7, 11) is 0. The molecule has 1 fully saturated rings. The predicted octanol–water partition coefficient (Wildman–Crippen LogP) is 6.11. The smallest absolute Gasteiger partial charge is 0.298 e. The standard InChI is InChI=1S/C27H19N3O2S/c1-18-6-12-22(13-7-18)30-26(31)25(33-27(30)32)14-21-17-29(24-5-3-2-4-23(21)24)16-20-10-8-19(15-28)9-11-20/h2-14,17H,16H2,1H3/b25-14-. The lowest BCUT2D eigenvalue weighted by atomic mass is 10.1. The van der Waals surface area contributed by atoms with E-state index in [1.165, 1.54) is 4.90 Å². The van der Waals surface area contributed by atoms with E-state index in [0.29, 0.717) is 22.7 Å². The van der Waals surface area contributed by atoms with Crippen molar-refractivity contribution in [2.24, 2.45) is 0 Å². The number of thioether (sulfide) groups is 1. The zero-order valence-corrected chi connectivity index (χ0v) is 18.7. The third-order valence-corrected chi connectivity index (χ3v) is 6.50. The van der Waals surface area contributed by atoms with Gasteiger partial charge < -0.3 is 4.57 Å². The van der Waals surface area contributed by atoms with Crippen molar-refractivity contribution in [3.8, 4) is 6.07 Å². The van der Waals surface area contributed by atoms with Crippen LogP contribution in [0.5, 0.6) is 0 Å². The lowest BCUT2D eigenvalue weighted by molar-refractivity contribution is -0.113. The van der Waals surface area contributed by atoms with Crippen molar-refractivity contribution in [2.75, 3.05) is 4.90 Å². The maximum atomic E-state index is 13.1. The van der Waals surface area contributed by atoms with E-state index in [9.17, 15) is 9.59 Å². The SMILES string of the molecule is Cc1ccc(N2C(=O)S/C(=C\c3cn(Cc4ccc(C#N)cc4)c4ccccc34)C2=O)cc1. The quantitative estimate of drug-likeness (QED) is 0.353. The number of imide groups is 1. The molecule has 2 amide bonds. The van der Waals surface area contributed by atoms with Crippen molar-refractivity contribution in [3.05, 3.63) is 106 Å². The van der Waals surface area contributed by atoms with Gasteiger partial charge in [-0.1, -0.05) is 48.0 Å². The fourth-order valence-corrected chi connectivity index (χ4v) is 4.76. The topological polar surface area (TPSA) is 66.1 Å². The Bertz CT molecular complexity index is 1460. The van der Waals surface area contributed by atoms with Crippen LogP contribution in [-0.2, 0) is 11.3 Å². The molecule has 0 aliphatic carbocycles. The van der Waals surface area contributed by atoms with Crippen LogP contribution in [0.25, 0.3) is 17.0 Å². The number of hydrogen-bond acceptors (Lipinski definition) is 4. The van der Waals surface area contributed by atoms with Crippen LogP contribution < -0.4 is 4.90 Å². The molecule has 0 saturated carbocycles. The molecule has 0 bridgehead atoms. The van der Waals surface area contributed by atoms with Crippen LogP contribution in [0.1, 0.15) is 22.3 Å². The van der Waals surface area contributed by atoms with E-state index in [-0.39, 0.29) is 11.1 Å². The molecule has 1 aliphatic heterocycles. The zero-order valence-electron chi connectivity index (χ0n) is 17.9. The maximum absolute atomic E-state index is 13.1. The summed E-state index contributed by atoms with van der Waals surface area (Å²) in [4.78, 5) is 27.3. The Morgan fingerprint density at radius 3 is 2.42 bits per heavy atom. The number of hydrogen-bond donors (Lipinski definition) is 0. The van der Waals surface area contributed by atoms with Gasteiger partial charge in [0, 0.05) is 29.2 Å². The van der Waals surface area contributed by atoms with Gasteiger partial charge in [-0.3, -0.25) is 9.59 Å². The Balaban J connectivity index is 1.50. The number of carbonyl (C=O) groups is 2. The molecule has 0 atom stereocenters. The van der Waals surface area contributed by atoms with Gasteiger partial charge in [-0.2, -0.15) is 5.26 Å². The molecule has 0 N–H and O–H groups in total. The summed E-state index contributed by atoms with van der Waals surface area (Å²) in [5.41, 5.74) is 5.26. The van der Waals surface area contributed by atoms with Gasteiger partial charge in [-0.25, -0.2) is 4.90 Å². The number of aryl methyl sites for hydroxylation is 1. The van der Waals surface area contributed by atoms with Crippen molar-refractivity contribution in [3.63, 3.8) is 0 Å². The van der Waals surface area contributed by atoms with Crippen LogP contribution in [0.15, 0.2) is 83.9 Å². The molecule has 1 saturated heterocycles. The van der Waals surface area contributed by atoms with Crippen LogP contribution in [-0.4, -0.2) is 15.7 Å². The van der Waals surface area contributed by atoms with Gasteiger partial charge in [0.05, 0.1) is 22.2 Å². The summed E-state index contributed by atoms with van der Waals surface area (Å²) in [5, 5.41) is 9.74. The first-order valence-electron chi connectivity index (χ1n) is 10.4. The highest BCUT2D eigenvalue weighted by molar-refractivity contribution is 8.19. The van der Waals surface area contributed by atoms with Crippen molar-refractivity contribution < 1.29 is 9.59 Å². The van der Waals surface area contributed by atoms with E-state index in [1.807, 2.05) is 73.8 Å². The molecular weight excluding hydrogens is 430 g/mol. The first-order valence-corrected chi connectivity index (χ1v) is 11.3. The second-order valence-electron chi connectivity index (χ2n) is 7.89. The van der Waals surface area contributed by atoms with E-state index in [0.717, 1.165) is 39.4 Å². The number of benzene rings is 3. The van der Waals surface area contributed by atoms with Crippen LogP contribution in [0.3, 0.4) is 0 Å². The van der Waals surface area contributed by atoms with E-state index >= 15 is 0 Å². The molecule has 0 spiro atoms. The summed E-state index contributed by atoms with van der Waals surface area (Å²) in [6, 6.07) is 25.0. The van der Waals surface area contributed by atoms with Crippen molar-refractivity contribution in [2.45, 2.75) is 13.5 Å². The molecule has 2 heterocycles. The Kier molecular flexibility index (Phi) is 5.33. The van der Waals surface area contributed by atoms with Gasteiger partial charge >= 0.3 is 0 Å². The van der Waals surface area contributed by atoms with Gasteiger partial charge in [0.2, 0.25) is 0 Å². The van der Waals surface area contributed by atoms with Crippen LogP contribution >= 0.6 is 11.8 Å². The number of para-hydroxylation sites is 1. The summed E-state index contributed by atoms with van der Waals surface area (Å²) >= 11 is 0.960. The average Bonchev–Trinajstić information content (AvgIpc) is 3.31. The van der Waals surface area contributed by atoms with Gasteiger partial charge in [0.15, 0.2) is 0 Å². The Morgan fingerprint density at radius 1 is 0.970 bits per heavy atom. The first kappa shape index (κ1) is 20.8. The Hall–Kier alpha value is -4.08. The minimum Gasteiger partial charge on any atom is -0.342 e. The van der Waals surface area contributed by atoms with Crippen LogP contribution in [0.2, 0.25) is 0 Å². The van der Waals surface area contributed by atoms with Gasteiger partial charge in [0.25, 0.3) is 11.1 Å². The number of anilines is 1. The van der Waals surface area contributed by atoms with Crippen molar-refractivity contribution in [1.82, 2.24) is 4.57 Å². The molecule has 33 heavy (non-hydrogen) atoms. The number of amides is 2. The summed E-state index contributed by atoms with van der Waals surface area (Å²) in [5.74, 6) is -0.308. The molecule has 1 aromatic heterocycles. The Labute approximate surface area is 195 Å². The number of aromatic nitrogens is 1. The summed E-state index contributed by atoms with van der Waals surface area (Å²) in [6.45, 7) is 2.59. The highest BCUT2D eigenvalue weighted by Gasteiger charge is 2.36. The molecule has 0 unspecified atom stereocenters. The van der Waals surface area contributed by atoms with E-state index in [1.54, 1.807) is 18.2 Å². The molecule has 0 radical (unpaired) electrons. The predicted molar refractivity (Wildman–Crippen MR) is 132 cm³/mol. The third-order valence-electron chi connectivity index (χ3n) is 5.63. The van der Waals surface area contributed by atoms with Gasteiger partial charge in [-0.05, 0) is 60.7 Å². The lowest BCUT2D eigenvalue weighted by Gasteiger charge is -2.12. The second kappa shape index (κ2) is 8.45. The number of fused-ring (bicyclic) bond motifs is 1. The van der Waals surface area contributed by atoms with E-state index in [4.69, 9.17) is 5.26 Å². The van der Waals surface area contributed by atoms with Crippen molar-refractivity contribution >= 4 is 45.6 Å². The number of carbonyl (C=O) groups excluding carboxylic acids is 2. The molecule has 1 aliphatic rings. The summed E-state index contributed by atoms with van der Waals surface area (Å²) < 4.78 is 2.12. The minimum atomic E-state index is -0.308. The molecule has 5 rings (SSSR count). The monoisotopic (exact) mass is 449 g/mol. The molecule has 6 heteroatoms. The molecule has 160 valence electrons. The maximum Gasteiger partial charge on any atom is 0.298 e. The average molecular weight is 450 g/mol. The molecular formula is C27H19N3O2S. The van der Waals surface area contributed by atoms with E-state index in [2.05, 4.69) is 10.6 Å². The molecule has 4 aromatic rings. The van der Waals surface area contributed by atoms with Gasteiger partial charge in [0.1, 0.15) is 0 Å². The van der Waals surface area contributed by atoms with Crippen molar-refractivity contribution in [1.29, 1.82) is 5.26 Å². The normalized spacial score (nSPS) is 14.9. The fraction of sp³-hybridized carbons (Fsp3) is 0.0741. The van der Waals surface area contributed by atoms with Crippen LogP contribution in [0.4, 0.5) is 10.5 Å².